The summed E-state index contributed by atoms with van der Waals surface area (Å²) in [6, 6.07) is 21.9. The average Bonchev–Trinajstić information content (AvgIpc) is 2.64. The Morgan fingerprint density at radius 3 is 1.93 bits per heavy atom. The highest BCUT2D eigenvalue weighted by atomic mass is 16.4. The maximum atomic E-state index is 11.4. The lowest BCUT2D eigenvalue weighted by atomic mass is 9.81. The van der Waals surface area contributed by atoms with E-state index in [0.29, 0.717) is 0 Å². The van der Waals surface area contributed by atoms with Gasteiger partial charge >= 0.3 is 5.97 Å². The van der Waals surface area contributed by atoms with Crippen LogP contribution in [0.4, 0.5) is 0 Å². The van der Waals surface area contributed by atoms with Crippen LogP contribution < -0.4 is 0 Å². The zero-order valence-corrected chi connectivity index (χ0v) is 17.4. The molecule has 1 N–H and O–H groups in total. The van der Waals surface area contributed by atoms with Crippen LogP contribution in [0, 0.1) is 5.41 Å². The number of carboxylic acid groups (broad SMARTS) is 1. The summed E-state index contributed by atoms with van der Waals surface area (Å²) in [5, 5.41) is 9.35. The summed E-state index contributed by atoms with van der Waals surface area (Å²) >= 11 is 0. The van der Waals surface area contributed by atoms with Gasteiger partial charge in [-0.15, -0.1) is 0 Å². The molecule has 1 fully saturated rings. The van der Waals surface area contributed by atoms with Crippen LogP contribution in [0.15, 0.2) is 60.7 Å². The van der Waals surface area contributed by atoms with Gasteiger partial charge in [0.2, 0.25) is 0 Å². The monoisotopic (exact) mass is 380 g/mol. The highest BCUT2D eigenvalue weighted by Gasteiger charge is 2.42. The Hall–Kier alpha value is -2.17. The SMILES string of the molecule is CC1CN(C(c2ccccc2)c2ccccc2)C(C(C)(C)C)CN1CC(=O)O. The molecule has 2 aromatic rings. The first-order valence-electron chi connectivity index (χ1n) is 10.1. The van der Waals surface area contributed by atoms with Crippen LogP contribution in [-0.2, 0) is 4.79 Å². The number of rotatable bonds is 5. The van der Waals surface area contributed by atoms with Gasteiger partial charge in [-0.2, -0.15) is 0 Å². The van der Waals surface area contributed by atoms with Crippen LogP contribution >= 0.6 is 0 Å². The van der Waals surface area contributed by atoms with Crippen molar-refractivity contribution in [2.24, 2.45) is 5.41 Å². The minimum atomic E-state index is -0.754. The number of aliphatic carboxylic acids is 1. The van der Waals surface area contributed by atoms with Crippen molar-refractivity contribution < 1.29 is 9.90 Å². The zero-order valence-electron chi connectivity index (χ0n) is 17.4. The van der Waals surface area contributed by atoms with Crippen LogP contribution in [0.25, 0.3) is 0 Å². The maximum absolute atomic E-state index is 11.4. The molecule has 28 heavy (non-hydrogen) atoms. The van der Waals surface area contributed by atoms with Gasteiger partial charge in [0, 0.05) is 25.2 Å². The number of carbonyl (C=O) groups is 1. The van der Waals surface area contributed by atoms with E-state index in [-0.39, 0.29) is 30.1 Å². The zero-order chi connectivity index (χ0) is 20.3. The van der Waals surface area contributed by atoms with Gasteiger partial charge in [-0.1, -0.05) is 81.4 Å². The van der Waals surface area contributed by atoms with E-state index in [2.05, 4.69) is 98.2 Å². The van der Waals surface area contributed by atoms with E-state index in [1.165, 1.54) is 11.1 Å². The fourth-order valence-corrected chi connectivity index (χ4v) is 4.35. The van der Waals surface area contributed by atoms with Crippen LogP contribution in [0.3, 0.4) is 0 Å². The molecular weight excluding hydrogens is 348 g/mol. The Bertz CT molecular complexity index is 731. The Kier molecular flexibility index (Phi) is 6.21. The summed E-state index contributed by atoms with van der Waals surface area (Å²) in [5.41, 5.74) is 2.59. The minimum absolute atomic E-state index is 0.0265. The molecule has 2 aromatic carbocycles. The van der Waals surface area contributed by atoms with Crippen molar-refractivity contribution in [1.82, 2.24) is 9.80 Å². The van der Waals surface area contributed by atoms with Crippen molar-refractivity contribution in [3.05, 3.63) is 71.8 Å². The molecule has 0 aliphatic carbocycles. The lowest BCUT2D eigenvalue weighted by Gasteiger charge is -2.52. The summed E-state index contributed by atoms with van der Waals surface area (Å²) in [6.45, 7) is 10.6. The fraction of sp³-hybridized carbons (Fsp3) is 0.458. The van der Waals surface area contributed by atoms with Gasteiger partial charge in [0.05, 0.1) is 12.6 Å². The van der Waals surface area contributed by atoms with Crippen LogP contribution in [-0.4, -0.2) is 52.6 Å². The van der Waals surface area contributed by atoms with E-state index in [1.54, 1.807) is 0 Å². The number of benzene rings is 2. The third-order valence-corrected chi connectivity index (χ3v) is 5.81. The molecule has 1 heterocycles. The van der Waals surface area contributed by atoms with E-state index >= 15 is 0 Å². The summed E-state index contributed by atoms with van der Waals surface area (Å²) < 4.78 is 0. The predicted octanol–water partition coefficient (Wildman–Crippen LogP) is 4.28. The standard InChI is InChI=1S/C24H32N2O2/c1-18-15-26(21(24(2,3)4)16-25(18)17-22(27)28)23(19-11-7-5-8-12-19)20-13-9-6-10-14-20/h5-14,18,21,23H,15-17H2,1-4H3,(H,27,28). The molecule has 0 aromatic heterocycles. The minimum Gasteiger partial charge on any atom is -0.480 e. The van der Waals surface area contributed by atoms with Gasteiger partial charge in [0.1, 0.15) is 0 Å². The molecule has 0 amide bonds. The largest absolute Gasteiger partial charge is 0.480 e. The van der Waals surface area contributed by atoms with Crippen molar-refractivity contribution in [3.8, 4) is 0 Å². The molecule has 0 bridgehead atoms. The van der Waals surface area contributed by atoms with Gasteiger partial charge in [-0.25, -0.2) is 0 Å². The number of nitrogens with zero attached hydrogens (tertiary/aromatic N) is 2. The molecule has 3 rings (SSSR count). The summed E-state index contributed by atoms with van der Waals surface area (Å²) in [7, 11) is 0. The lowest BCUT2D eigenvalue weighted by molar-refractivity contribution is -0.141. The molecule has 0 spiro atoms. The van der Waals surface area contributed by atoms with Crippen LogP contribution in [0.2, 0.25) is 0 Å². The number of hydrogen-bond acceptors (Lipinski definition) is 3. The quantitative estimate of drug-likeness (QED) is 0.841. The smallest absolute Gasteiger partial charge is 0.317 e. The Morgan fingerprint density at radius 2 is 1.50 bits per heavy atom. The van der Waals surface area contributed by atoms with Crippen molar-refractivity contribution in [2.45, 2.75) is 45.8 Å². The van der Waals surface area contributed by atoms with E-state index in [0.717, 1.165) is 13.1 Å². The number of piperazine rings is 1. The van der Waals surface area contributed by atoms with Crippen LogP contribution in [0.5, 0.6) is 0 Å². The van der Waals surface area contributed by atoms with E-state index in [1.807, 2.05) is 0 Å². The third kappa shape index (κ3) is 4.62. The van der Waals surface area contributed by atoms with Crippen molar-refractivity contribution in [2.75, 3.05) is 19.6 Å². The molecule has 1 aliphatic rings. The topological polar surface area (TPSA) is 43.8 Å². The van der Waals surface area contributed by atoms with E-state index in [9.17, 15) is 9.90 Å². The molecule has 2 atom stereocenters. The molecule has 1 aliphatic heterocycles. The molecule has 4 heteroatoms. The van der Waals surface area contributed by atoms with Gasteiger partial charge in [0.25, 0.3) is 0 Å². The van der Waals surface area contributed by atoms with Crippen molar-refractivity contribution in [1.29, 1.82) is 0 Å². The molecule has 2 unspecified atom stereocenters. The fourth-order valence-electron chi connectivity index (χ4n) is 4.35. The van der Waals surface area contributed by atoms with Crippen LogP contribution in [0.1, 0.15) is 44.9 Å². The van der Waals surface area contributed by atoms with E-state index in [4.69, 9.17) is 0 Å². The predicted molar refractivity (Wildman–Crippen MR) is 113 cm³/mol. The third-order valence-electron chi connectivity index (χ3n) is 5.81. The first-order valence-corrected chi connectivity index (χ1v) is 10.1. The summed E-state index contributed by atoms with van der Waals surface area (Å²) in [4.78, 5) is 16.1. The highest BCUT2D eigenvalue weighted by Crippen LogP contribution is 2.38. The second-order valence-electron chi connectivity index (χ2n) is 8.97. The number of hydrogen-bond donors (Lipinski definition) is 1. The molecular formula is C24H32N2O2. The maximum Gasteiger partial charge on any atom is 0.317 e. The Labute approximate surface area is 168 Å². The Balaban J connectivity index is 2.03. The molecule has 1 saturated heterocycles. The second-order valence-corrected chi connectivity index (χ2v) is 8.97. The molecule has 4 nitrogen and oxygen atoms in total. The van der Waals surface area contributed by atoms with E-state index < -0.39 is 5.97 Å². The summed E-state index contributed by atoms with van der Waals surface area (Å²) in [5.74, 6) is -0.754. The van der Waals surface area contributed by atoms with Gasteiger partial charge in [0.15, 0.2) is 0 Å². The van der Waals surface area contributed by atoms with Gasteiger partial charge < -0.3 is 5.11 Å². The highest BCUT2D eigenvalue weighted by molar-refractivity contribution is 5.69. The molecule has 0 saturated carbocycles. The van der Waals surface area contributed by atoms with Gasteiger partial charge in [-0.05, 0) is 23.5 Å². The molecule has 0 radical (unpaired) electrons. The van der Waals surface area contributed by atoms with Crippen molar-refractivity contribution >= 4 is 5.97 Å². The first kappa shape index (κ1) is 20.6. The average molecular weight is 381 g/mol. The lowest BCUT2D eigenvalue weighted by Crippen LogP contribution is -2.62. The Morgan fingerprint density at radius 1 is 1.00 bits per heavy atom. The second kappa shape index (κ2) is 8.46. The first-order chi connectivity index (χ1) is 13.3. The molecule has 150 valence electrons. The normalized spacial score (nSPS) is 21.8. The van der Waals surface area contributed by atoms with Gasteiger partial charge in [-0.3, -0.25) is 14.6 Å². The summed E-state index contributed by atoms with van der Waals surface area (Å²) in [6.07, 6.45) is 0. The van der Waals surface area contributed by atoms with Crippen molar-refractivity contribution in [3.63, 3.8) is 0 Å². The number of carboxylic acids is 1.